The Morgan fingerprint density at radius 3 is 2.48 bits per heavy atom. The van der Waals surface area contributed by atoms with Crippen LogP contribution in [-0.2, 0) is 16.1 Å². The Morgan fingerprint density at radius 1 is 0.946 bits per heavy atom. The topological polar surface area (TPSA) is 175 Å². The Morgan fingerprint density at radius 2 is 1.75 bits per heavy atom. The zero-order valence-corrected chi connectivity index (χ0v) is 32.0. The number of anilines is 4. The average Bonchev–Trinajstić information content (AvgIpc) is 3.83. The molecule has 0 radical (unpaired) electrons. The third kappa shape index (κ3) is 7.47. The van der Waals surface area contributed by atoms with E-state index in [-0.39, 0.29) is 41.2 Å². The van der Waals surface area contributed by atoms with Gasteiger partial charge in [-0.2, -0.15) is 4.98 Å². The number of aryl methyl sites for hydroxylation is 1. The number of Topliss-reactive ketones (excluding diaryl/α,β-unsaturated/α-hetero) is 1. The first-order valence-corrected chi connectivity index (χ1v) is 19.8. The molecular weight excluding hydrogens is 713 g/mol. The van der Waals surface area contributed by atoms with Gasteiger partial charge < -0.3 is 20.4 Å². The Kier molecular flexibility index (Phi) is 10.5. The Labute approximate surface area is 324 Å². The molecule has 15 heteroatoms. The number of piperidine rings is 1. The van der Waals surface area contributed by atoms with Crippen LogP contribution in [0.25, 0.3) is 11.0 Å². The number of unbranched alkanes of at least 4 members (excludes halogenated alkanes) is 1. The van der Waals surface area contributed by atoms with Gasteiger partial charge in [0.05, 0.1) is 17.4 Å². The fourth-order valence-electron chi connectivity index (χ4n) is 8.68. The van der Waals surface area contributed by atoms with Gasteiger partial charge in [-0.3, -0.25) is 38.8 Å². The van der Waals surface area contributed by atoms with Crippen LogP contribution >= 0.6 is 0 Å². The summed E-state index contributed by atoms with van der Waals surface area (Å²) < 4.78 is 1.72. The molecule has 3 N–H and O–H groups in total. The molecule has 292 valence electrons. The minimum atomic E-state index is -0.608. The fourth-order valence-corrected chi connectivity index (χ4v) is 8.68. The zero-order valence-electron chi connectivity index (χ0n) is 32.0. The number of pyridine rings is 2. The molecule has 1 atom stereocenters. The zero-order chi connectivity index (χ0) is 38.9. The molecule has 0 bridgehead atoms. The van der Waals surface area contributed by atoms with Crippen molar-refractivity contribution in [1.29, 1.82) is 0 Å². The van der Waals surface area contributed by atoms with Crippen molar-refractivity contribution in [3.8, 4) is 0 Å². The lowest BCUT2D eigenvalue weighted by Crippen LogP contribution is -2.52. The normalized spacial score (nSPS) is 19.1. The summed E-state index contributed by atoms with van der Waals surface area (Å²) in [5.74, 6) is -0.123. The summed E-state index contributed by atoms with van der Waals surface area (Å²) >= 11 is 0. The highest BCUT2D eigenvalue weighted by atomic mass is 16.2. The molecule has 1 aromatic carbocycles. The van der Waals surface area contributed by atoms with E-state index >= 15 is 0 Å². The Balaban J connectivity index is 0.796. The van der Waals surface area contributed by atoms with Crippen LogP contribution in [0.4, 0.5) is 23.1 Å². The predicted octanol–water partition coefficient (Wildman–Crippen LogP) is 4.33. The Bertz CT molecular complexity index is 2240. The van der Waals surface area contributed by atoms with Gasteiger partial charge in [0.1, 0.15) is 17.5 Å². The summed E-state index contributed by atoms with van der Waals surface area (Å²) in [6.45, 7) is 9.19. The third-order valence-corrected chi connectivity index (χ3v) is 11.7. The van der Waals surface area contributed by atoms with Gasteiger partial charge in [0.2, 0.25) is 17.8 Å². The van der Waals surface area contributed by atoms with Crippen molar-refractivity contribution in [3.63, 3.8) is 0 Å². The summed E-state index contributed by atoms with van der Waals surface area (Å²) in [6.07, 6.45) is 10.1. The molecule has 56 heavy (non-hydrogen) atoms. The lowest BCUT2D eigenvalue weighted by Gasteiger charge is -2.36. The quantitative estimate of drug-likeness (QED) is 0.106. The molecule has 3 amide bonds. The summed E-state index contributed by atoms with van der Waals surface area (Å²) in [5.41, 5.74) is 4.64. The molecule has 3 aliphatic heterocycles. The molecule has 0 spiro atoms. The molecule has 4 aromatic rings. The number of hydrogen-bond donors (Lipinski definition) is 3. The second-order valence-corrected chi connectivity index (χ2v) is 15.4. The van der Waals surface area contributed by atoms with E-state index in [0.29, 0.717) is 46.9 Å². The number of piperazine rings is 1. The number of rotatable bonds is 12. The SMILES string of the molecule is CC(=O)c1c(C)c2cnc(Nc3ccc(N4CCN(CCCCNc5ccc6c(c5)CN(C5CCC(=O)NC5=O)C6=O)CC4)cn3)nc2n(C2CCCC2)c1=O. The number of nitrogens with one attached hydrogen (secondary N) is 3. The minimum Gasteiger partial charge on any atom is -0.385 e. The second kappa shape index (κ2) is 15.8. The molecule has 1 unspecified atom stereocenters. The van der Waals surface area contributed by atoms with Crippen molar-refractivity contribution < 1.29 is 19.2 Å². The van der Waals surface area contributed by atoms with Crippen LogP contribution in [0.5, 0.6) is 0 Å². The average molecular weight is 761 g/mol. The minimum absolute atomic E-state index is 0.0153. The summed E-state index contributed by atoms with van der Waals surface area (Å²) in [6, 6.07) is 9.12. The maximum Gasteiger partial charge on any atom is 0.263 e. The van der Waals surface area contributed by atoms with E-state index in [0.717, 1.165) is 94.7 Å². The van der Waals surface area contributed by atoms with Crippen molar-refractivity contribution in [1.82, 2.24) is 34.6 Å². The van der Waals surface area contributed by atoms with Crippen molar-refractivity contribution in [2.45, 2.75) is 83.8 Å². The second-order valence-electron chi connectivity index (χ2n) is 15.4. The maximum atomic E-state index is 13.5. The van der Waals surface area contributed by atoms with Crippen LogP contribution in [0.15, 0.2) is 47.5 Å². The van der Waals surface area contributed by atoms with E-state index in [1.807, 2.05) is 30.5 Å². The number of carbonyl (C=O) groups excluding carboxylic acids is 4. The number of nitrogens with zero attached hydrogens (tertiary/aromatic N) is 7. The molecule has 1 aliphatic carbocycles. The predicted molar refractivity (Wildman–Crippen MR) is 212 cm³/mol. The van der Waals surface area contributed by atoms with Gasteiger partial charge in [-0.15, -0.1) is 0 Å². The number of carbonyl (C=O) groups is 4. The first-order valence-electron chi connectivity index (χ1n) is 19.8. The summed E-state index contributed by atoms with van der Waals surface area (Å²) in [5, 5.41) is 9.77. The highest BCUT2D eigenvalue weighted by Gasteiger charge is 2.39. The van der Waals surface area contributed by atoms with Gasteiger partial charge in [0.25, 0.3) is 11.5 Å². The van der Waals surface area contributed by atoms with Crippen LogP contribution in [0.2, 0.25) is 0 Å². The monoisotopic (exact) mass is 760 g/mol. The number of aromatic nitrogens is 4. The number of imide groups is 1. The van der Waals surface area contributed by atoms with Gasteiger partial charge in [-0.05, 0) is 94.0 Å². The highest BCUT2D eigenvalue weighted by molar-refractivity contribution is 6.05. The number of hydrogen-bond acceptors (Lipinski definition) is 12. The highest BCUT2D eigenvalue weighted by Crippen LogP contribution is 2.33. The Hall–Kier alpha value is -5.70. The molecule has 1 saturated carbocycles. The molecule has 15 nitrogen and oxygen atoms in total. The number of amides is 3. The van der Waals surface area contributed by atoms with E-state index in [1.54, 1.807) is 22.6 Å². The largest absolute Gasteiger partial charge is 0.385 e. The number of benzene rings is 1. The smallest absolute Gasteiger partial charge is 0.263 e. The van der Waals surface area contributed by atoms with E-state index in [9.17, 15) is 24.0 Å². The van der Waals surface area contributed by atoms with E-state index in [2.05, 4.69) is 41.8 Å². The molecule has 2 saturated heterocycles. The van der Waals surface area contributed by atoms with Gasteiger partial charge in [-0.1, -0.05) is 12.8 Å². The molecule has 3 aromatic heterocycles. The third-order valence-electron chi connectivity index (χ3n) is 11.7. The van der Waals surface area contributed by atoms with Gasteiger partial charge in [0.15, 0.2) is 5.78 Å². The first-order chi connectivity index (χ1) is 27.1. The number of fused-ring (bicyclic) bond motifs is 2. The van der Waals surface area contributed by atoms with E-state index in [1.165, 1.54) is 6.92 Å². The van der Waals surface area contributed by atoms with Crippen molar-refractivity contribution in [3.05, 3.63) is 75.3 Å². The lowest BCUT2D eigenvalue weighted by molar-refractivity contribution is -0.136. The molecular formula is C41H48N10O5. The molecule has 8 rings (SSSR count). The van der Waals surface area contributed by atoms with Crippen LogP contribution in [0, 0.1) is 6.92 Å². The van der Waals surface area contributed by atoms with Gasteiger partial charge in [0, 0.05) is 74.6 Å². The van der Waals surface area contributed by atoms with Crippen LogP contribution in [0.3, 0.4) is 0 Å². The van der Waals surface area contributed by atoms with Gasteiger partial charge >= 0.3 is 0 Å². The maximum absolute atomic E-state index is 13.5. The van der Waals surface area contributed by atoms with Crippen molar-refractivity contribution in [2.75, 3.05) is 54.8 Å². The van der Waals surface area contributed by atoms with E-state index < -0.39 is 11.9 Å². The van der Waals surface area contributed by atoms with Crippen molar-refractivity contribution in [2.24, 2.45) is 0 Å². The molecule has 4 aliphatic rings. The fraction of sp³-hybridized carbons (Fsp3) is 0.463. The molecule has 6 heterocycles. The van der Waals surface area contributed by atoms with Crippen molar-refractivity contribution >= 4 is 57.7 Å². The lowest BCUT2D eigenvalue weighted by atomic mass is 10.0. The van der Waals surface area contributed by atoms with E-state index in [4.69, 9.17) is 4.98 Å². The number of ketones is 1. The summed E-state index contributed by atoms with van der Waals surface area (Å²) in [7, 11) is 0. The standard InChI is InChI=1S/C41H48N10O5/c1-25-32-23-44-41(47-37(32)51(29-7-3-4-8-29)40(56)36(25)26(2)52)45-34-13-10-30(22-43-34)49-19-17-48(18-20-49)16-6-5-15-42-28-9-11-31-27(21-28)24-50(39(31)55)33-12-14-35(53)46-38(33)54/h9-11,13,21-23,29,33,42H,3-8,12,14-20,24H2,1-2H3,(H,46,53,54)(H,43,44,45,47). The summed E-state index contributed by atoms with van der Waals surface area (Å²) in [4.78, 5) is 83.3. The first kappa shape index (κ1) is 37.2. The van der Waals surface area contributed by atoms with Gasteiger partial charge in [-0.25, -0.2) is 9.97 Å². The van der Waals surface area contributed by atoms with Crippen LogP contribution in [-0.4, -0.2) is 98.1 Å². The van der Waals surface area contributed by atoms with Crippen LogP contribution < -0.4 is 26.4 Å². The van der Waals surface area contributed by atoms with Crippen LogP contribution in [0.1, 0.15) is 96.2 Å². The molecule has 3 fully saturated rings.